The Balaban J connectivity index is 1.44. The summed E-state index contributed by atoms with van der Waals surface area (Å²) in [5, 5.41) is 5.42. The number of fused-ring (bicyclic) bond motifs is 5. The van der Waals surface area contributed by atoms with Crippen LogP contribution in [0.2, 0.25) is 0 Å². The number of methoxy groups -OCH3 is 1. The Morgan fingerprint density at radius 1 is 1.07 bits per heavy atom. The topological polar surface area (TPSA) is 63.9 Å². The average Bonchev–Trinajstić information content (AvgIpc) is 3.45. The zero-order chi connectivity index (χ0) is 20.3. The number of aromatic nitrogens is 1. The molecule has 1 saturated carbocycles. The highest BCUT2D eigenvalue weighted by molar-refractivity contribution is 6.06. The van der Waals surface area contributed by atoms with E-state index in [-0.39, 0.29) is 35.5 Å². The molecule has 1 aromatic heterocycles. The summed E-state index contributed by atoms with van der Waals surface area (Å²) in [4.78, 5) is 25.6. The number of aryl methyl sites for hydroxylation is 1. The van der Waals surface area contributed by atoms with Crippen molar-refractivity contribution in [2.45, 2.75) is 20.3 Å². The predicted octanol–water partition coefficient (Wildman–Crippen LogP) is 3.24. The molecule has 0 radical (unpaired) electrons. The molecule has 2 bridgehead atoms. The number of imide groups is 1. The maximum absolute atomic E-state index is 12.8. The van der Waals surface area contributed by atoms with Crippen molar-refractivity contribution >= 4 is 18.0 Å². The first-order chi connectivity index (χ1) is 14.0. The summed E-state index contributed by atoms with van der Waals surface area (Å²) in [5.74, 6) is 0.412. The molecule has 29 heavy (non-hydrogen) atoms. The fourth-order valence-electron chi connectivity index (χ4n) is 5.19. The van der Waals surface area contributed by atoms with Crippen molar-refractivity contribution in [2.75, 3.05) is 7.11 Å². The smallest absolute Gasteiger partial charge is 0.254 e. The number of carbonyl (C=O) groups excluding carboxylic acids is 2. The van der Waals surface area contributed by atoms with Gasteiger partial charge in [-0.3, -0.25) is 9.59 Å². The Hall–Kier alpha value is -3.15. The van der Waals surface area contributed by atoms with Crippen molar-refractivity contribution in [2.24, 2.45) is 28.8 Å². The van der Waals surface area contributed by atoms with Gasteiger partial charge in [0.2, 0.25) is 0 Å². The molecule has 5 rings (SSSR count). The molecule has 6 nitrogen and oxygen atoms in total. The molecular formula is C23H23N3O3. The second-order valence-electron chi connectivity index (χ2n) is 8.10. The van der Waals surface area contributed by atoms with Crippen LogP contribution >= 0.6 is 0 Å². The Morgan fingerprint density at radius 3 is 2.41 bits per heavy atom. The summed E-state index contributed by atoms with van der Waals surface area (Å²) in [7, 11) is 1.65. The molecule has 1 saturated heterocycles. The third kappa shape index (κ3) is 2.58. The minimum absolute atomic E-state index is 0.158. The number of hydrogen-bond donors (Lipinski definition) is 0. The van der Waals surface area contributed by atoms with E-state index in [4.69, 9.17) is 4.74 Å². The van der Waals surface area contributed by atoms with Crippen molar-refractivity contribution in [3.05, 3.63) is 59.4 Å². The molecule has 2 heterocycles. The van der Waals surface area contributed by atoms with Crippen LogP contribution in [-0.2, 0) is 9.59 Å². The number of allylic oxidation sites excluding steroid dienone is 2. The Morgan fingerprint density at radius 2 is 1.76 bits per heavy atom. The minimum Gasteiger partial charge on any atom is -0.497 e. The van der Waals surface area contributed by atoms with Crippen LogP contribution in [0.5, 0.6) is 5.75 Å². The van der Waals surface area contributed by atoms with Crippen LogP contribution in [0.15, 0.2) is 47.6 Å². The Labute approximate surface area is 169 Å². The van der Waals surface area contributed by atoms with Crippen LogP contribution in [-0.4, -0.2) is 34.7 Å². The van der Waals surface area contributed by atoms with Gasteiger partial charge in [0.15, 0.2) is 0 Å². The highest BCUT2D eigenvalue weighted by Crippen LogP contribution is 2.52. The zero-order valence-corrected chi connectivity index (χ0v) is 16.7. The highest BCUT2D eigenvalue weighted by Gasteiger charge is 2.59. The lowest BCUT2D eigenvalue weighted by molar-refractivity contribution is -0.140. The summed E-state index contributed by atoms with van der Waals surface area (Å²) in [6, 6.07) is 9.85. The molecule has 3 aliphatic rings. The van der Waals surface area contributed by atoms with Crippen molar-refractivity contribution in [3.8, 4) is 11.4 Å². The quantitative estimate of drug-likeness (QED) is 0.458. The highest BCUT2D eigenvalue weighted by atomic mass is 16.5. The first kappa shape index (κ1) is 17.9. The molecule has 0 spiro atoms. The van der Waals surface area contributed by atoms with Gasteiger partial charge in [-0.05, 0) is 50.3 Å². The summed E-state index contributed by atoms with van der Waals surface area (Å²) >= 11 is 0. The van der Waals surface area contributed by atoms with Crippen LogP contribution < -0.4 is 4.74 Å². The van der Waals surface area contributed by atoms with Gasteiger partial charge in [-0.15, -0.1) is 0 Å². The van der Waals surface area contributed by atoms with E-state index in [1.165, 1.54) is 0 Å². The summed E-state index contributed by atoms with van der Waals surface area (Å²) < 4.78 is 7.44. The van der Waals surface area contributed by atoms with Crippen molar-refractivity contribution in [1.29, 1.82) is 0 Å². The van der Waals surface area contributed by atoms with Gasteiger partial charge in [0.05, 0.1) is 25.2 Å². The van der Waals surface area contributed by atoms with E-state index in [0.717, 1.165) is 39.8 Å². The Kier molecular flexibility index (Phi) is 3.98. The fraction of sp³-hybridized carbons (Fsp3) is 0.348. The van der Waals surface area contributed by atoms with Crippen molar-refractivity contribution < 1.29 is 14.3 Å². The normalized spacial score (nSPS) is 27.5. The van der Waals surface area contributed by atoms with Gasteiger partial charge in [-0.25, -0.2) is 0 Å². The second-order valence-corrected chi connectivity index (χ2v) is 8.10. The molecule has 2 fully saturated rings. The number of hydrogen-bond acceptors (Lipinski definition) is 4. The largest absolute Gasteiger partial charge is 0.497 e. The van der Waals surface area contributed by atoms with Gasteiger partial charge >= 0.3 is 0 Å². The lowest BCUT2D eigenvalue weighted by atomic mass is 9.85. The molecule has 1 aliphatic heterocycles. The van der Waals surface area contributed by atoms with Crippen LogP contribution in [0.1, 0.15) is 23.4 Å². The predicted molar refractivity (Wildman–Crippen MR) is 109 cm³/mol. The van der Waals surface area contributed by atoms with Gasteiger partial charge in [-0.1, -0.05) is 18.2 Å². The molecule has 2 aromatic rings. The molecule has 4 atom stereocenters. The van der Waals surface area contributed by atoms with E-state index in [2.05, 4.69) is 21.8 Å². The number of nitrogens with zero attached hydrogens (tertiary/aromatic N) is 3. The van der Waals surface area contributed by atoms with E-state index in [1.54, 1.807) is 13.3 Å². The maximum atomic E-state index is 12.8. The standard InChI is InChI=1S/C23H23N3O3/c1-13-9-17(14(2)25(13)18-5-4-6-19(11-18)29-3)12-24-26-22(27)20-15-7-8-16(10-15)21(20)23(26)28/h4-9,11-12,15-16,20-21H,10H2,1-3H3/t15-,16-,20-,21+/m0/s1. The van der Waals surface area contributed by atoms with Crippen LogP contribution in [0.4, 0.5) is 0 Å². The van der Waals surface area contributed by atoms with Gasteiger partial charge in [-0.2, -0.15) is 10.1 Å². The van der Waals surface area contributed by atoms with Crippen LogP contribution in [0.3, 0.4) is 0 Å². The van der Waals surface area contributed by atoms with E-state index < -0.39 is 0 Å². The number of ether oxygens (including phenoxy) is 1. The lowest BCUT2D eigenvalue weighted by Gasteiger charge is -2.13. The van der Waals surface area contributed by atoms with E-state index >= 15 is 0 Å². The van der Waals surface area contributed by atoms with Gasteiger partial charge in [0, 0.05) is 28.7 Å². The molecule has 1 aromatic carbocycles. The first-order valence-electron chi connectivity index (χ1n) is 9.93. The van der Waals surface area contributed by atoms with Gasteiger partial charge in [0.1, 0.15) is 5.75 Å². The third-order valence-corrected chi connectivity index (χ3v) is 6.54. The van der Waals surface area contributed by atoms with Crippen molar-refractivity contribution in [1.82, 2.24) is 9.58 Å². The SMILES string of the molecule is COc1cccc(-n2c(C)cc(C=NN3C(=O)[C@@H]4[C@H](C3=O)[C@H]3C=C[C@H]4C3)c2C)c1. The summed E-state index contributed by atoms with van der Waals surface area (Å²) in [6.07, 6.45) is 6.73. The van der Waals surface area contributed by atoms with E-state index in [9.17, 15) is 9.59 Å². The maximum Gasteiger partial charge on any atom is 0.254 e. The summed E-state index contributed by atoms with van der Waals surface area (Å²) in [5.41, 5.74) is 3.89. The number of benzene rings is 1. The third-order valence-electron chi connectivity index (χ3n) is 6.54. The first-order valence-corrected chi connectivity index (χ1v) is 9.93. The van der Waals surface area contributed by atoms with Gasteiger partial charge in [0.25, 0.3) is 11.8 Å². The molecule has 2 amide bonds. The monoisotopic (exact) mass is 389 g/mol. The van der Waals surface area contributed by atoms with Gasteiger partial charge < -0.3 is 9.30 Å². The number of carbonyl (C=O) groups is 2. The number of rotatable bonds is 4. The fourth-order valence-corrected chi connectivity index (χ4v) is 5.19. The molecule has 6 heteroatoms. The average molecular weight is 389 g/mol. The Bertz CT molecular complexity index is 1050. The van der Waals surface area contributed by atoms with E-state index in [0.29, 0.717) is 0 Å². The van der Waals surface area contributed by atoms with Crippen molar-refractivity contribution in [3.63, 3.8) is 0 Å². The minimum atomic E-state index is -0.223. The molecule has 0 unspecified atom stereocenters. The zero-order valence-electron chi connectivity index (χ0n) is 16.7. The number of hydrazone groups is 1. The number of amides is 2. The molecule has 148 valence electrons. The second kappa shape index (κ2) is 6.44. The summed E-state index contributed by atoms with van der Waals surface area (Å²) in [6.45, 7) is 4.02. The van der Waals surface area contributed by atoms with Crippen LogP contribution in [0, 0.1) is 37.5 Å². The molecule has 0 N–H and O–H groups in total. The molecule has 2 aliphatic carbocycles. The van der Waals surface area contributed by atoms with E-state index in [1.807, 2.05) is 44.2 Å². The lowest BCUT2D eigenvalue weighted by Crippen LogP contribution is -2.28. The van der Waals surface area contributed by atoms with Crippen LogP contribution in [0.25, 0.3) is 5.69 Å². The molecular weight excluding hydrogens is 366 g/mol.